The number of ketones is 3. The Balaban J connectivity index is 0.845. The van der Waals surface area contributed by atoms with Crippen LogP contribution in [0, 0.1) is 28.6 Å². The van der Waals surface area contributed by atoms with Gasteiger partial charge in [0, 0.05) is 56.5 Å². The van der Waals surface area contributed by atoms with E-state index in [2.05, 4.69) is 21.3 Å². The van der Waals surface area contributed by atoms with Crippen LogP contribution in [0.3, 0.4) is 0 Å². The van der Waals surface area contributed by atoms with Gasteiger partial charge in [0.1, 0.15) is 18.9 Å². The summed E-state index contributed by atoms with van der Waals surface area (Å²) in [6, 6.07) is 8.16. The highest BCUT2D eigenvalue weighted by Gasteiger charge is 2.54. The van der Waals surface area contributed by atoms with Crippen LogP contribution in [0.2, 0.25) is 0 Å². The molecule has 1 aromatic rings. The fraction of sp³-hybridized carbons (Fsp3) is 0.758. The van der Waals surface area contributed by atoms with Gasteiger partial charge < -0.3 is 68.6 Å². The molecule has 6 amide bonds. The SMILES string of the molecule is CC(C)(C)C(=O)C1(OCNC(=O)CCC(=O)[C@H](Cc2ccccc2)NC(=O)CCC(=O)CNC(=O)COCCOCCOCCOCCOCCOCCOCCOCCOCCNC(=O)C2CCC(CN3C(=O)CC(C(C)(C)C)C3=O)CC2)CC1. The quantitative estimate of drug-likeness (QED) is 0.0414. The van der Waals surface area contributed by atoms with Crippen LogP contribution >= 0.6 is 0 Å². The third-order valence-corrected chi connectivity index (χ3v) is 14.8. The third-order valence-electron chi connectivity index (χ3n) is 14.8. The maximum absolute atomic E-state index is 13.3. The topological polar surface area (TPSA) is 297 Å². The van der Waals surface area contributed by atoms with E-state index >= 15 is 0 Å². The maximum Gasteiger partial charge on any atom is 0.246 e. The van der Waals surface area contributed by atoms with Crippen molar-refractivity contribution in [1.82, 2.24) is 26.2 Å². The van der Waals surface area contributed by atoms with Crippen molar-refractivity contribution in [3.05, 3.63) is 35.9 Å². The van der Waals surface area contributed by atoms with E-state index < -0.39 is 34.8 Å². The molecule has 2 aliphatic carbocycles. The van der Waals surface area contributed by atoms with E-state index in [0.717, 1.165) is 31.2 Å². The molecule has 1 unspecified atom stereocenters. The summed E-state index contributed by atoms with van der Waals surface area (Å²) in [6.07, 6.45) is 4.15. The number of rotatable bonds is 48. The highest BCUT2D eigenvalue weighted by molar-refractivity contribution is 6.04. The van der Waals surface area contributed by atoms with Crippen molar-refractivity contribution in [3.63, 3.8) is 0 Å². The number of hydrogen-bond acceptors (Lipinski definition) is 19. The lowest BCUT2D eigenvalue weighted by Gasteiger charge is -2.31. The number of ether oxygens (including phenoxy) is 10. The standard InChI is InChI=1S/C62H99N5O19/c1-60(2,3)50-41-56(73)67(58(50)75)43-47-12-14-48(15-13-47)57(74)63-22-23-77-24-25-78-26-27-79-28-29-80-30-31-81-32-33-82-34-35-83-36-37-84-38-39-85-44-55(72)64-42-49(68)16-18-54(71)66-51(40-46-10-8-7-9-11-46)52(69)17-19-53(70)65-45-86-62(20-21-62)59(76)61(4,5)6/h7-11,47-48,50-51H,12-45H2,1-6H3,(H,63,74)(H,64,72)(H,65,70)(H,66,71)/t47?,48?,50?,51-/m0/s1. The molecule has 0 bridgehead atoms. The first kappa shape index (κ1) is 73.3. The zero-order chi connectivity index (χ0) is 62.6. The van der Waals surface area contributed by atoms with E-state index in [1.807, 2.05) is 71.9 Å². The molecule has 1 aromatic carbocycles. The maximum atomic E-state index is 13.3. The number of carbonyl (C=O) groups excluding carboxylic acids is 9. The predicted molar refractivity (Wildman–Crippen MR) is 314 cm³/mol. The van der Waals surface area contributed by atoms with Crippen LogP contribution in [0.15, 0.2) is 30.3 Å². The molecule has 2 saturated carbocycles. The van der Waals surface area contributed by atoms with Crippen LogP contribution in [-0.2, 0) is 96.9 Å². The number of hydrogen-bond donors (Lipinski definition) is 4. The minimum Gasteiger partial charge on any atom is -0.377 e. The van der Waals surface area contributed by atoms with Gasteiger partial charge in [-0.15, -0.1) is 0 Å². The van der Waals surface area contributed by atoms with E-state index in [-0.39, 0.29) is 130 Å². The summed E-state index contributed by atoms with van der Waals surface area (Å²) in [5, 5.41) is 10.8. The molecule has 4 N–H and O–H groups in total. The minimum absolute atomic E-state index is 0.0152. The Morgan fingerprint density at radius 2 is 1.08 bits per heavy atom. The first-order valence-corrected chi connectivity index (χ1v) is 30.6. The molecular formula is C62H99N5O19. The van der Waals surface area contributed by atoms with Gasteiger partial charge in [-0.2, -0.15) is 0 Å². The van der Waals surface area contributed by atoms with Crippen molar-refractivity contribution in [2.45, 2.75) is 130 Å². The lowest BCUT2D eigenvalue weighted by atomic mass is 9.79. The van der Waals surface area contributed by atoms with Gasteiger partial charge in [0.05, 0.1) is 131 Å². The van der Waals surface area contributed by atoms with Crippen LogP contribution < -0.4 is 21.3 Å². The Bertz CT molecular complexity index is 2230. The number of nitrogens with zero attached hydrogens (tertiary/aromatic N) is 1. The average molecular weight is 1220 g/mol. The molecule has 1 aliphatic heterocycles. The molecule has 1 heterocycles. The summed E-state index contributed by atoms with van der Waals surface area (Å²) in [4.78, 5) is 116. The van der Waals surface area contributed by atoms with Crippen LogP contribution in [0.1, 0.15) is 118 Å². The molecule has 4 rings (SSSR count). The second-order valence-corrected chi connectivity index (χ2v) is 24.0. The number of benzene rings is 1. The van der Waals surface area contributed by atoms with Crippen LogP contribution in [0.4, 0.5) is 0 Å². The van der Waals surface area contributed by atoms with Gasteiger partial charge in [0.2, 0.25) is 35.4 Å². The third kappa shape index (κ3) is 30.2. The lowest BCUT2D eigenvalue weighted by molar-refractivity contribution is -0.143. The second-order valence-electron chi connectivity index (χ2n) is 24.0. The van der Waals surface area contributed by atoms with E-state index in [4.69, 9.17) is 47.4 Å². The van der Waals surface area contributed by atoms with Crippen molar-refractivity contribution >= 4 is 52.8 Å². The first-order chi connectivity index (χ1) is 41.2. The van der Waals surface area contributed by atoms with E-state index in [9.17, 15) is 43.2 Å². The summed E-state index contributed by atoms with van der Waals surface area (Å²) in [5.74, 6) is -2.39. The Kier molecular flexibility index (Phi) is 34.4. The van der Waals surface area contributed by atoms with Gasteiger partial charge in [0.15, 0.2) is 17.3 Å². The molecule has 0 aromatic heterocycles. The molecule has 486 valence electrons. The van der Waals surface area contributed by atoms with E-state index in [1.54, 1.807) is 0 Å². The number of carbonyl (C=O) groups is 9. The second kappa shape index (κ2) is 40.4. The summed E-state index contributed by atoms with van der Waals surface area (Å²) in [5.41, 5.74) is -0.882. The number of imide groups is 1. The summed E-state index contributed by atoms with van der Waals surface area (Å²) in [6.45, 7) is 18.0. The highest BCUT2D eigenvalue weighted by atomic mass is 16.6. The van der Waals surface area contributed by atoms with Gasteiger partial charge in [-0.3, -0.25) is 48.1 Å². The van der Waals surface area contributed by atoms with Crippen LogP contribution in [0.25, 0.3) is 0 Å². The number of Topliss-reactive ketones (excluding diaryl/α,β-unsaturated/α-hetero) is 3. The first-order valence-electron chi connectivity index (χ1n) is 30.6. The minimum atomic E-state index is -0.932. The summed E-state index contributed by atoms with van der Waals surface area (Å²) >= 11 is 0. The van der Waals surface area contributed by atoms with Gasteiger partial charge in [-0.1, -0.05) is 71.9 Å². The molecule has 0 spiro atoms. The van der Waals surface area contributed by atoms with Gasteiger partial charge >= 0.3 is 0 Å². The molecule has 86 heavy (non-hydrogen) atoms. The number of amides is 6. The normalized spacial score (nSPS) is 17.9. The Labute approximate surface area is 507 Å². The zero-order valence-corrected chi connectivity index (χ0v) is 51.9. The van der Waals surface area contributed by atoms with Crippen molar-refractivity contribution < 1.29 is 90.5 Å². The van der Waals surface area contributed by atoms with Crippen LogP contribution in [0.5, 0.6) is 0 Å². The molecule has 24 nitrogen and oxygen atoms in total. The van der Waals surface area contributed by atoms with E-state index in [0.29, 0.717) is 125 Å². The lowest BCUT2D eigenvalue weighted by Crippen LogP contribution is -2.43. The zero-order valence-electron chi connectivity index (χ0n) is 51.9. The largest absolute Gasteiger partial charge is 0.377 e. The van der Waals surface area contributed by atoms with Gasteiger partial charge in [-0.25, -0.2) is 0 Å². The van der Waals surface area contributed by atoms with E-state index in [1.165, 1.54) is 4.90 Å². The molecular weight excluding hydrogens is 1120 g/mol. The van der Waals surface area contributed by atoms with Crippen molar-refractivity contribution in [3.8, 4) is 0 Å². The monoisotopic (exact) mass is 1220 g/mol. The van der Waals surface area contributed by atoms with Crippen molar-refractivity contribution in [2.75, 3.05) is 145 Å². The molecule has 0 radical (unpaired) electrons. The molecule has 3 aliphatic rings. The Morgan fingerprint density at radius 1 is 0.581 bits per heavy atom. The predicted octanol–water partition coefficient (Wildman–Crippen LogP) is 3.26. The van der Waals surface area contributed by atoms with Gasteiger partial charge in [-0.05, 0) is 61.8 Å². The van der Waals surface area contributed by atoms with Crippen molar-refractivity contribution in [1.29, 1.82) is 0 Å². The fourth-order valence-electron chi connectivity index (χ4n) is 9.67. The number of nitrogens with one attached hydrogen (secondary N) is 4. The molecule has 1 saturated heterocycles. The van der Waals surface area contributed by atoms with Gasteiger partial charge in [0.25, 0.3) is 0 Å². The van der Waals surface area contributed by atoms with Crippen LogP contribution in [-0.4, -0.2) is 215 Å². The van der Waals surface area contributed by atoms with Crippen molar-refractivity contribution in [2.24, 2.45) is 28.6 Å². The average Bonchev–Trinajstić information content (AvgIpc) is 2.08. The number of likely N-dealkylation sites (tertiary alicyclic amines) is 1. The summed E-state index contributed by atoms with van der Waals surface area (Å²) in [7, 11) is 0. The smallest absolute Gasteiger partial charge is 0.246 e. The Morgan fingerprint density at radius 3 is 1.57 bits per heavy atom. The molecule has 2 atom stereocenters. The Hall–Kier alpha value is -5.15. The molecule has 3 fully saturated rings. The highest BCUT2D eigenvalue weighted by Crippen LogP contribution is 2.45. The fourth-order valence-corrected chi connectivity index (χ4v) is 9.67. The molecule has 24 heteroatoms. The summed E-state index contributed by atoms with van der Waals surface area (Å²) < 4.78 is 55.2.